The van der Waals surface area contributed by atoms with Crippen molar-refractivity contribution in [3.8, 4) is 0 Å². The van der Waals surface area contributed by atoms with Crippen LogP contribution < -0.4 is 0 Å². The van der Waals surface area contributed by atoms with Gasteiger partial charge in [-0.15, -0.1) is 0 Å². The second-order valence-corrected chi connectivity index (χ2v) is 11.1. The molecule has 0 aliphatic heterocycles. The first-order chi connectivity index (χ1) is 11.3. The van der Waals surface area contributed by atoms with Crippen molar-refractivity contribution < 1.29 is 13.9 Å². The topological polar surface area (TPSA) is 26.3 Å². The Morgan fingerprint density at radius 3 is 1.96 bits per heavy atom. The van der Waals surface area contributed by atoms with Gasteiger partial charge in [-0.2, -0.15) is 0 Å². The molecule has 2 saturated carbocycles. The van der Waals surface area contributed by atoms with Gasteiger partial charge in [0.1, 0.15) is 17.7 Å². The van der Waals surface area contributed by atoms with Crippen LogP contribution in [0.3, 0.4) is 0 Å². The first-order valence-corrected chi connectivity index (χ1v) is 10.1. The fourth-order valence-electron chi connectivity index (χ4n) is 5.03. The Kier molecular flexibility index (Phi) is 5.41. The summed E-state index contributed by atoms with van der Waals surface area (Å²) in [5, 5.41) is 0. The van der Waals surface area contributed by atoms with Crippen LogP contribution in [0.1, 0.15) is 93.9 Å². The summed E-state index contributed by atoms with van der Waals surface area (Å²) in [4.78, 5) is 13.1. The van der Waals surface area contributed by atoms with Crippen LogP contribution in [-0.2, 0) is 9.53 Å². The maximum absolute atomic E-state index is 14.9. The van der Waals surface area contributed by atoms with Gasteiger partial charge in [-0.3, -0.25) is 4.79 Å². The third-order valence-electron chi connectivity index (χ3n) is 7.01. The van der Waals surface area contributed by atoms with Gasteiger partial charge >= 0.3 is 5.97 Å². The number of carbonyl (C=O) groups excluding carboxylic acids is 1. The third kappa shape index (κ3) is 3.76. The van der Waals surface area contributed by atoms with Crippen molar-refractivity contribution in [2.75, 3.05) is 0 Å². The molecule has 2 fully saturated rings. The van der Waals surface area contributed by atoms with Gasteiger partial charge in [-0.25, -0.2) is 4.39 Å². The van der Waals surface area contributed by atoms with Crippen LogP contribution in [0.5, 0.6) is 0 Å². The maximum atomic E-state index is 14.9. The molecule has 2 rings (SSSR count). The predicted molar refractivity (Wildman–Crippen MR) is 101 cm³/mol. The standard InChI is InChI=1S/C22H39FO2/c1-9-21(8)17(23)22(21,14-19(2,3)4)18(24)25-16-12-10-15(11-13-16)20(5,6)7/h15-17H,9-14H2,1-8H3. The molecule has 2 aliphatic carbocycles. The molecule has 2 aliphatic rings. The summed E-state index contributed by atoms with van der Waals surface area (Å²) >= 11 is 0. The lowest BCUT2D eigenvalue weighted by Gasteiger charge is -2.37. The van der Waals surface area contributed by atoms with E-state index in [9.17, 15) is 9.18 Å². The molecule has 0 spiro atoms. The zero-order chi connectivity index (χ0) is 19.3. The van der Waals surface area contributed by atoms with E-state index in [2.05, 4.69) is 41.5 Å². The highest BCUT2D eigenvalue weighted by atomic mass is 19.1. The highest BCUT2D eigenvalue weighted by Gasteiger charge is 2.79. The van der Waals surface area contributed by atoms with E-state index in [4.69, 9.17) is 4.74 Å². The van der Waals surface area contributed by atoms with E-state index in [0.717, 1.165) is 25.7 Å². The molecule has 25 heavy (non-hydrogen) atoms. The monoisotopic (exact) mass is 354 g/mol. The van der Waals surface area contributed by atoms with Crippen molar-refractivity contribution in [3.05, 3.63) is 0 Å². The third-order valence-corrected chi connectivity index (χ3v) is 7.01. The van der Waals surface area contributed by atoms with Crippen LogP contribution in [-0.4, -0.2) is 18.2 Å². The van der Waals surface area contributed by atoms with E-state index in [1.165, 1.54) is 0 Å². The summed E-state index contributed by atoms with van der Waals surface area (Å²) in [5.41, 5.74) is -1.30. The number of esters is 1. The molecule has 0 saturated heterocycles. The molecule has 0 aromatic heterocycles. The highest BCUT2D eigenvalue weighted by Crippen LogP contribution is 2.71. The average molecular weight is 355 g/mol. The molecular weight excluding hydrogens is 315 g/mol. The van der Waals surface area contributed by atoms with Crippen LogP contribution in [0.15, 0.2) is 0 Å². The molecule has 0 bridgehead atoms. The van der Waals surface area contributed by atoms with Gasteiger partial charge in [0.15, 0.2) is 0 Å². The molecule has 3 unspecified atom stereocenters. The molecule has 0 heterocycles. The molecule has 0 N–H and O–H groups in total. The summed E-state index contributed by atoms with van der Waals surface area (Å²) < 4.78 is 20.8. The van der Waals surface area contributed by atoms with Gasteiger partial charge in [0, 0.05) is 5.41 Å². The number of ether oxygens (including phenoxy) is 1. The van der Waals surface area contributed by atoms with Gasteiger partial charge < -0.3 is 4.74 Å². The van der Waals surface area contributed by atoms with Crippen LogP contribution in [0, 0.1) is 27.6 Å². The van der Waals surface area contributed by atoms with Crippen molar-refractivity contribution in [1.29, 1.82) is 0 Å². The second kappa shape index (κ2) is 6.53. The number of alkyl halides is 1. The Balaban J connectivity index is 2.06. The smallest absolute Gasteiger partial charge is 0.316 e. The van der Waals surface area contributed by atoms with Crippen LogP contribution in [0.2, 0.25) is 0 Å². The van der Waals surface area contributed by atoms with Gasteiger partial charge in [-0.1, -0.05) is 55.4 Å². The summed E-state index contributed by atoms with van der Waals surface area (Å²) in [7, 11) is 0. The van der Waals surface area contributed by atoms with E-state index in [1.807, 2.05) is 13.8 Å². The Morgan fingerprint density at radius 2 is 1.60 bits per heavy atom. The van der Waals surface area contributed by atoms with Crippen molar-refractivity contribution in [1.82, 2.24) is 0 Å². The Morgan fingerprint density at radius 1 is 1.08 bits per heavy atom. The van der Waals surface area contributed by atoms with Crippen molar-refractivity contribution in [2.24, 2.45) is 27.6 Å². The van der Waals surface area contributed by atoms with Crippen LogP contribution >= 0.6 is 0 Å². The van der Waals surface area contributed by atoms with Gasteiger partial charge in [-0.05, 0) is 55.3 Å². The molecule has 0 radical (unpaired) electrons. The van der Waals surface area contributed by atoms with E-state index < -0.39 is 17.0 Å². The minimum Gasteiger partial charge on any atom is -0.462 e. The second-order valence-electron chi connectivity index (χ2n) is 11.1. The fraction of sp³-hybridized carbons (Fsp3) is 0.955. The molecule has 0 amide bonds. The summed E-state index contributed by atoms with van der Waals surface area (Å²) in [5.74, 6) is 0.403. The molecule has 146 valence electrons. The summed E-state index contributed by atoms with van der Waals surface area (Å²) in [6.07, 6.45) is 4.14. The Hall–Kier alpha value is -0.600. The zero-order valence-corrected chi connectivity index (χ0v) is 17.7. The predicted octanol–water partition coefficient (Wildman–Crippen LogP) is 6.33. The number of carbonyl (C=O) groups is 1. The highest BCUT2D eigenvalue weighted by molar-refractivity contribution is 5.84. The zero-order valence-electron chi connectivity index (χ0n) is 17.7. The normalized spacial score (nSPS) is 39.2. The number of hydrogen-bond acceptors (Lipinski definition) is 2. The van der Waals surface area contributed by atoms with Crippen molar-refractivity contribution in [2.45, 2.75) is 106 Å². The lowest BCUT2D eigenvalue weighted by atomic mass is 9.72. The number of rotatable bonds is 4. The summed E-state index contributed by atoms with van der Waals surface area (Å²) in [6.45, 7) is 17.0. The van der Waals surface area contributed by atoms with Crippen LogP contribution in [0.4, 0.5) is 4.39 Å². The minimum absolute atomic E-state index is 0.0307. The van der Waals surface area contributed by atoms with Gasteiger partial charge in [0.2, 0.25) is 0 Å². The average Bonchev–Trinajstić information content (AvgIpc) is 2.94. The largest absolute Gasteiger partial charge is 0.462 e. The Bertz CT molecular complexity index is 493. The van der Waals surface area contributed by atoms with Crippen molar-refractivity contribution in [3.63, 3.8) is 0 Å². The fourth-order valence-corrected chi connectivity index (χ4v) is 5.03. The molecule has 0 aromatic carbocycles. The van der Waals surface area contributed by atoms with E-state index >= 15 is 0 Å². The molecule has 3 atom stereocenters. The lowest BCUT2D eigenvalue weighted by Crippen LogP contribution is -2.35. The van der Waals surface area contributed by atoms with Crippen LogP contribution in [0.25, 0.3) is 0 Å². The first kappa shape index (κ1) is 20.7. The van der Waals surface area contributed by atoms with Crippen molar-refractivity contribution >= 4 is 5.97 Å². The quantitative estimate of drug-likeness (QED) is 0.552. The molecular formula is C22H39FO2. The van der Waals surface area contributed by atoms with Gasteiger partial charge in [0.25, 0.3) is 0 Å². The number of halogens is 1. The van der Waals surface area contributed by atoms with E-state index in [0.29, 0.717) is 24.2 Å². The van der Waals surface area contributed by atoms with E-state index in [1.54, 1.807) is 0 Å². The van der Waals surface area contributed by atoms with Gasteiger partial charge in [0.05, 0.1) is 0 Å². The lowest BCUT2D eigenvalue weighted by molar-refractivity contribution is -0.162. The summed E-state index contributed by atoms with van der Waals surface area (Å²) in [6, 6.07) is 0. The van der Waals surface area contributed by atoms with E-state index in [-0.39, 0.29) is 17.5 Å². The first-order valence-electron chi connectivity index (χ1n) is 10.1. The minimum atomic E-state index is -1.08. The molecule has 2 nitrogen and oxygen atoms in total. The molecule has 3 heteroatoms. The Labute approximate surface area is 154 Å². The molecule has 0 aromatic rings. The SMILES string of the molecule is CCC1(C)C(F)C1(CC(C)(C)C)C(=O)OC1CCC(C(C)(C)C)CC1. The number of hydrogen-bond donors (Lipinski definition) is 0. The maximum Gasteiger partial charge on any atom is 0.316 e.